The summed E-state index contributed by atoms with van der Waals surface area (Å²) in [4.78, 5) is 0.228. The van der Waals surface area contributed by atoms with E-state index in [9.17, 15) is 8.42 Å². The molecule has 1 N–H and O–H groups in total. The lowest BCUT2D eigenvalue weighted by Crippen LogP contribution is -2.41. The molecule has 1 saturated heterocycles. The summed E-state index contributed by atoms with van der Waals surface area (Å²) in [6, 6.07) is 12.1. The molecular formula is C20H26BNO4S. The molecule has 2 aromatic rings. The van der Waals surface area contributed by atoms with Gasteiger partial charge in [0.1, 0.15) is 0 Å². The second-order valence-corrected chi connectivity index (χ2v) is 9.76. The highest BCUT2D eigenvalue weighted by molar-refractivity contribution is 7.92. The number of nitrogens with one attached hydrogen (secondary N) is 1. The van der Waals surface area contributed by atoms with Crippen LogP contribution in [0.15, 0.2) is 47.4 Å². The van der Waals surface area contributed by atoms with Crippen LogP contribution in [0.3, 0.4) is 0 Å². The predicted molar refractivity (Wildman–Crippen MR) is 109 cm³/mol. The van der Waals surface area contributed by atoms with Crippen molar-refractivity contribution in [3.8, 4) is 0 Å². The van der Waals surface area contributed by atoms with Crippen LogP contribution in [0, 0.1) is 13.8 Å². The average molecular weight is 387 g/mol. The smallest absolute Gasteiger partial charge is 0.399 e. The minimum absolute atomic E-state index is 0.228. The van der Waals surface area contributed by atoms with Crippen LogP contribution in [-0.2, 0) is 19.3 Å². The number of rotatable bonds is 4. The monoisotopic (exact) mass is 387 g/mol. The third kappa shape index (κ3) is 3.90. The Labute approximate surface area is 162 Å². The Morgan fingerprint density at radius 2 is 1.44 bits per heavy atom. The van der Waals surface area contributed by atoms with E-state index in [1.807, 2.05) is 47.6 Å². The van der Waals surface area contributed by atoms with E-state index in [1.165, 1.54) is 0 Å². The molecule has 5 nitrogen and oxygen atoms in total. The van der Waals surface area contributed by atoms with Gasteiger partial charge >= 0.3 is 7.12 Å². The molecule has 3 rings (SSSR count). The van der Waals surface area contributed by atoms with Crippen molar-refractivity contribution in [2.75, 3.05) is 4.72 Å². The first kappa shape index (κ1) is 19.9. The van der Waals surface area contributed by atoms with E-state index in [2.05, 4.69) is 4.72 Å². The lowest BCUT2D eigenvalue weighted by Gasteiger charge is -2.32. The molecule has 1 heterocycles. The molecule has 0 saturated carbocycles. The summed E-state index contributed by atoms with van der Waals surface area (Å²) in [6.45, 7) is 11.8. The van der Waals surface area contributed by atoms with Crippen molar-refractivity contribution >= 4 is 28.3 Å². The van der Waals surface area contributed by atoms with Crippen molar-refractivity contribution in [2.45, 2.75) is 57.6 Å². The van der Waals surface area contributed by atoms with Crippen molar-refractivity contribution in [3.63, 3.8) is 0 Å². The molecule has 0 radical (unpaired) electrons. The molecular weight excluding hydrogens is 361 g/mol. The van der Waals surface area contributed by atoms with Crippen molar-refractivity contribution < 1.29 is 17.7 Å². The third-order valence-corrected chi connectivity index (χ3v) is 6.77. The van der Waals surface area contributed by atoms with Crippen LogP contribution in [0.4, 0.5) is 5.69 Å². The summed E-state index contributed by atoms with van der Waals surface area (Å²) in [6.07, 6.45) is 0. The fraction of sp³-hybridized carbons (Fsp3) is 0.400. The van der Waals surface area contributed by atoms with Crippen LogP contribution in [-0.4, -0.2) is 26.7 Å². The summed E-state index contributed by atoms with van der Waals surface area (Å²) in [5.41, 5.74) is 2.37. The van der Waals surface area contributed by atoms with Crippen molar-refractivity contribution in [2.24, 2.45) is 0 Å². The Morgan fingerprint density at radius 3 is 2.00 bits per heavy atom. The summed E-state index contributed by atoms with van der Waals surface area (Å²) >= 11 is 0. The van der Waals surface area contributed by atoms with E-state index >= 15 is 0 Å². The molecule has 7 heteroatoms. The van der Waals surface area contributed by atoms with E-state index in [0.29, 0.717) is 5.69 Å². The van der Waals surface area contributed by atoms with Gasteiger partial charge in [0.2, 0.25) is 0 Å². The Hall–Kier alpha value is -1.83. The zero-order valence-electron chi connectivity index (χ0n) is 16.7. The molecule has 27 heavy (non-hydrogen) atoms. The quantitative estimate of drug-likeness (QED) is 0.817. The number of benzene rings is 2. The fourth-order valence-corrected chi connectivity index (χ4v) is 3.91. The first-order valence-corrected chi connectivity index (χ1v) is 10.5. The highest BCUT2D eigenvalue weighted by Crippen LogP contribution is 2.36. The number of sulfonamides is 1. The topological polar surface area (TPSA) is 64.6 Å². The van der Waals surface area contributed by atoms with Crippen LogP contribution in [0.1, 0.15) is 38.8 Å². The van der Waals surface area contributed by atoms with E-state index in [0.717, 1.165) is 16.6 Å². The summed E-state index contributed by atoms with van der Waals surface area (Å²) < 4.78 is 40.2. The molecule has 0 atom stereocenters. The van der Waals surface area contributed by atoms with Crippen molar-refractivity contribution in [3.05, 3.63) is 53.6 Å². The Balaban J connectivity index is 1.89. The standard InChI is InChI=1S/C20H26BNO4S/c1-14-7-11-17(12-8-14)27(23,24)22-16-10-9-15(2)18(13-16)21-25-19(3,4)20(5,6)26-21/h7-13,22H,1-6H3. The number of hydrogen-bond acceptors (Lipinski definition) is 4. The fourth-order valence-electron chi connectivity index (χ4n) is 2.86. The maximum absolute atomic E-state index is 12.7. The molecule has 2 aromatic carbocycles. The lowest BCUT2D eigenvalue weighted by atomic mass is 9.76. The van der Waals surface area contributed by atoms with Crippen LogP contribution in [0.2, 0.25) is 0 Å². The largest absolute Gasteiger partial charge is 0.495 e. The maximum atomic E-state index is 12.7. The Morgan fingerprint density at radius 1 is 0.889 bits per heavy atom. The van der Waals surface area contributed by atoms with E-state index in [1.54, 1.807) is 36.4 Å². The third-order valence-electron chi connectivity index (χ3n) is 5.37. The molecule has 0 amide bonds. The van der Waals surface area contributed by atoms with E-state index in [4.69, 9.17) is 9.31 Å². The minimum atomic E-state index is -3.66. The zero-order chi connectivity index (χ0) is 20.0. The Kier molecular flexibility index (Phi) is 4.91. The van der Waals surface area contributed by atoms with Gasteiger partial charge in [0.25, 0.3) is 10.0 Å². The molecule has 0 aliphatic carbocycles. The second kappa shape index (κ2) is 6.65. The first-order valence-electron chi connectivity index (χ1n) is 8.97. The molecule has 0 bridgehead atoms. The number of aryl methyl sites for hydroxylation is 2. The molecule has 1 aliphatic heterocycles. The average Bonchev–Trinajstić information content (AvgIpc) is 2.77. The summed E-state index contributed by atoms with van der Waals surface area (Å²) in [5.74, 6) is 0. The van der Waals surface area contributed by atoms with Crippen molar-refractivity contribution in [1.29, 1.82) is 0 Å². The molecule has 1 aliphatic rings. The lowest BCUT2D eigenvalue weighted by molar-refractivity contribution is 0.00578. The highest BCUT2D eigenvalue weighted by Gasteiger charge is 2.52. The molecule has 1 fully saturated rings. The maximum Gasteiger partial charge on any atom is 0.495 e. The summed E-state index contributed by atoms with van der Waals surface area (Å²) in [5, 5.41) is 0. The number of anilines is 1. The Bertz CT molecular complexity index is 936. The van der Waals surface area contributed by atoms with Gasteiger partial charge in [-0.15, -0.1) is 0 Å². The normalized spacial score (nSPS) is 18.5. The van der Waals surface area contributed by atoms with Gasteiger partial charge in [0, 0.05) is 5.69 Å². The molecule has 0 spiro atoms. The van der Waals surface area contributed by atoms with Crippen LogP contribution in [0.25, 0.3) is 0 Å². The van der Waals surface area contributed by atoms with Gasteiger partial charge in [-0.2, -0.15) is 0 Å². The van der Waals surface area contributed by atoms with Crippen LogP contribution in [0.5, 0.6) is 0 Å². The van der Waals surface area contributed by atoms with Gasteiger partial charge < -0.3 is 9.31 Å². The van der Waals surface area contributed by atoms with Gasteiger partial charge in [0.15, 0.2) is 0 Å². The van der Waals surface area contributed by atoms with Gasteiger partial charge in [-0.25, -0.2) is 8.42 Å². The van der Waals surface area contributed by atoms with Crippen molar-refractivity contribution in [1.82, 2.24) is 0 Å². The predicted octanol–water partition coefficient (Wildman–Crippen LogP) is 3.40. The van der Waals surface area contributed by atoms with Gasteiger partial charge in [-0.3, -0.25) is 4.72 Å². The first-order chi connectivity index (χ1) is 12.4. The van der Waals surface area contributed by atoms with Gasteiger partial charge in [-0.1, -0.05) is 29.3 Å². The van der Waals surface area contributed by atoms with Crippen LogP contribution >= 0.6 is 0 Å². The molecule has 0 aromatic heterocycles. The van der Waals surface area contributed by atoms with E-state index < -0.39 is 28.3 Å². The van der Waals surface area contributed by atoms with Gasteiger partial charge in [0.05, 0.1) is 16.1 Å². The highest BCUT2D eigenvalue weighted by atomic mass is 32.2. The summed E-state index contributed by atoms with van der Waals surface area (Å²) in [7, 11) is -4.20. The number of hydrogen-bond donors (Lipinski definition) is 1. The van der Waals surface area contributed by atoms with Gasteiger partial charge in [-0.05, 0) is 71.3 Å². The van der Waals surface area contributed by atoms with E-state index in [-0.39, 0.29) is 4.90 Å². The van der Waals surface area contributed by atoms with Crippen LogP contribution < -0.4 is 10.2 Å². The second-order valence-electron chi connectivity index (χ2n) is 8.08. The molecule has 144 valence electrons. The zero-order valence-corrected chi connectivity index (χ0v) is 17.5. The minimum Gasteiger partial charge on any atom is -0.399 e. The SMILES string of the molecule is Cc1ccc(S(=O)(=O)Nc2ccc(C)c(B3OC(C)(C)C(C)(C)O3)c2)cc1. The molecule has 0 unspecified atom stereocenters.